The minimum Gasteiger partial charge on any atom is -0.267 e. The molecule has 0 spiro atoms. The van der Waals surface area contributed by atoms with Crippen LogP contribution in [0.5, 0.6) is 0 Å². The van der Waals surface area contributed by atoms with Crippen molar-refractivity contribution in [3.05, 3.63) is 59.4 Å². The summed E-state index contributed by atoms with van der Waals surface area (Å²) in [5.74, 6) is 1.58. The monoisotopic (exact) mass is 361 g/mol. The number of thioether (sulfide) groups is 1. The molecule has 0 fully saturated rings. The summed E-state index contributed by atoms with van der Waals surface area (Å²) in [6.45, 7) is 4.26. The fourth-order valence-corrected chi connectivity index (χ4v) is 3.39. The largest absolute Gasteiger partial charge is 0.267 e. The van der Waals surface area contributed by atoms with E-state index < -0.39 is 0 Å². The van der Waals surface area contributed by atoms with Gasteiger partial charge in [-0.2, -0.15) is 0 Å². The van der Waals surface area contributed by atoms with Crippen LogP contribution in [-0.2, 0) is 0 Å². The Kier molecular flexibility index (Phi) is 5.21. The standard InChI is InChI=1S/C18H17ClFN3S/c1-12(2)11-24-18-22-21-17(13-7-3-4-8-14(13)19)23(18)16-10-6-5-9-15(16)20/h3-10,12H,11H2,1-2H3. The zero-order chi connectivity index (χ0) is 17.1. The van der Waals surface area contributed by atoms with Crippen LogP contribution in [0.2, 0.25) is 5.02 Å². The minimum absolute atomic E-state index is 0.322. The van der Waals surface area contributed by atoms with Crippen molar-refractivity contribution in [2.24, 2.45) is 5.92 Å². The van der Waals surface area contributed by atoms with Gasteiger partial charge in [-0.15, -0.1) is 10.2 Å². The molecule has 1 heterocycles. The number of rotatable bonds is 5. The number of para-hydroxylation sites is 1. The van der Waals surface area contributed by atoms with Gasteiger partial charge >= 0.3 is 0 Å². The van der Waals surface area contributed by atoms with Gasteiger partial charge in [-0.1, -0.05) is 61.5 Å². The van der Waals surface area contributed by atoms with Crippen molar-refractivity contribution >= 4 is 23.4 Å². The maximum Gasteiger partial charge on any atom is 0.196 e. The van der Waals surface area contributed by atoms with Crippen LogP contribution in [0.15, 0.2) is 53.7 Å². The molecule has 0 saturated carbocycles. The Hall–Kier alpha value is -1.85. The maximum atomic E-state index is 14.4. The molecule has 0 saturated heterocycles. The summed E-state index contributed by atoms with van der Waals surface area (Å²) in [5.41, 5.74) is 1.15. The molecule has 3 aromatic rings. The van der Waals surface area contributed by atoms with Gasteiger partial charge in [0, 0.05) is 11.3 Å². The van der Waals surface area contributed by atoms with Crippen LogP contribution in [0.1, 0.15) is 13.8 Å². The second-order valence-corrected chi connectivity index (χ2v) is 7.17. The van der Waals surface area contributed by atoms with Gasteiger partial charge in [-0.05, 0) is 30.2 Å². The zero-order valence-corrected chi connectivity index (χ0v) is 15.0. The molecule has 0 amide bonds. The highest BCUT2D eigenvalue weighted by Gasteiger charge is 2.20. The molecule has 0 aliphatic heterocycles. The first-order valence-corrected chi connectivity index (χ1v) is 9.02. The van der Waals surface area contributed by atoms with Crippen molar-refractivity contribution in [3.8, 4) is 17.1 Å². The molecule has 3 rings (SSSR count). The van der Waals surface area contributed by atoms with Gasteiger partial charge in [0.25, 0.3) is 0 Å². The van der Waals surface area contributed by atoms with Crippen LogP contribution in [0.4, 0.5) is 4.39 Å². The molecule has 24 heavy (non-hydrogen) atoms. The van der Waals surface area contributed by atoms with E-state index in [0.717, 1.165) is 11.3 Å². The summed E-state index contributed by atoms with van der Waals surface area (Å²) in [5, 5.41) is 9.77. The van der Waals surface area contributed by atoms with Crippen LogP contribution in [0.25, 0.3) is 17.1 Å². The quantitative estimate of drug-likeness (QED) is 0.564. The predicted octanol–water partition coefficient (Wildman–Crippen LogP) is 5.47. The van der Waals surface area contributed by atoms with Crippen LogP contribution >= 0.6 is 23.4 Å². The lowest BCUT2D eigenvalue weighted by molar-refractivity contribution is 0.613. The second kappa shape index (κ2) is 7.36. The Labute approximate surface area is 149 Å². The molecule has 0 N–H and O–H groups in total. The Morgan fingerprint density at radius 3 is 2.50 bits per heavy atom. The van der Waals surface area contributed by atoms with Crippen molar-refractivity contribution in [2.45, 2.75) is 19.0 Å². The van der Waals surface area contributed by atoms with E-state index in [1.54, 1.807) is 40.6 Å². The predicted molar refractivity (Wildman–Crippen MR) is 97.3 cm³/mol. The van der Waals surface area contributed by atoms with Crippen molar-refractivity contribution in [2.75, 3.05) is 5.75 Å². The summed E-state index contributed by atoms with van der Waals surface area (Å²) in [7, 11) is 0. The third kappa shape index (κ3) is 3.47. The number of hydrogen-bond acceptors (Lipinski definition) is 3. The van der Waals surface area contributed by atoms with E-state index in [1.807, 2.05) is 18.2 Å². The van der Waals surface area contributed by atoms with Gasteiger partial charge < -0.3 is 0 Å². The van der Waals surface area contributed by atoms with Gasteiger partial charge in [0.15, 0.2) is 11.0 Å². The number of nitrogens with zero attached hydrogens (tertiary/aromatic N) is 3. The molecule has 3 nitrogen and oxygen atoms in total. The number of halogens is 2. The molecule has 2 aromatic carbocycles. The summed E-state index contributed by atoms with van der Waals surface area (Å²) in [4.78, 5) is 0. The van der Waals surface area contributed by atoms with Crippen molar-refractivity contribution in [3.63, 3.8) is 0 Å². The van der Waals surface area contributed by atoms with Crippen molar-refractivity contribution in [1.29, 1.82) is 0 Å². The van der Waals surface area contributed by atoms with E-state index in [0.29, 0.717) is 27.6 Å². The van der Waals surface area contributed by atoms with E-state index >= 15 is 0 Å². The molecule has 124 valence electrons. The van der Waals surface area contributed by atoms with Gasteiger partial charge in [0.05, 0.1) is 10.7 Å². The molecule has 0 atom stereocenters. The smallest absolute Gasteiger partial charge is 0.196 e. The third-order valence-corrected chi connectivity index (χ3v) is 5.07. The Morgan fingerprint density at radius 2 is 1.79 bits per heavy atom. The molecule has 0 aliphatic rings. The molecule has 1 aromatic heterocycles. The van der Waals surface area contributed by atoms with Gasteiger partial charge in [-0.25, -0.2) is 4.39 Å². The summed E-state index contributed by atoms with van der Waals surface area (Å²) >= 11 is 7.87. The lowest BCUT2D eigenvalue weighted by atomic mass is 10.2. The van der Waals surface area contributed by atoms with E-state index in [-0.39, 0.29) is 5.82 Å². The lowest BCUT2D eigenvalue weighted by Gasteiger charge is -2.12. The number of benzene rings is 2. The molecule has 0 bridgehead atoms. The summed E-state index contributed by atoms with van der Waals surface area (Å²) < 4.78 is 16.1. The normalized spacial score (nSPS) is 11.2. The fourth-order valence-electron chi connectivity index (χ4n) is 2.27. The van der Waals surface area contributed by atoms with Crippen LogP contribution in [0, 0.1) is 11.7 Å². The maximum absolute atomic E-state index is 14.4. The molecular weight excluding hydrogens is 345 g/mol. The van der Waals surface area contributed by atoms with Crippen LogP contribution in [-0.4, -0.2) is 20.5 Å². The highest BCUT2D eigenvalue weighted by molar-refractivity contribution is 7.99. The molecule has 0 radical (unpaired) electrons. The second-order valence-electron chi connectivity index (χ2n) is 5.78. The average Bonchev–Trinajstić information content (AvgIpc) is 2.97. The zero-order valence-electron chi connectivity index (χ0n) is 13.4. The Balaban J connectivity index is 2.17. The Morgan fingerprint density at radius 1 is 1.08 bits per heavy atom. The number of hydrogen-bond donors (Lipinski definition) is 0. The highest BCUT2D eigenvalue weighted by atomic mass is 35.5. The average molecular weight is 362 g/mol. The van der Waals surface area contributed by atoms with Crippen LogP contribution < -0.4 is 0 Å². The first-order valence-electron chi connectivity index (χ1n) is 7.66. The van der Waals surface area contributed by atoms with E-state index in [1.165, 1.54) is 6.07 Å². The van der Waals surface area contributed by atoms with Crippen molar-refractivity contribution in [1.82, 2.24) is 14.8 Å². The Bertz CT molecular complexity index is 848. The summed E-state index contributed by atoms with van der Waals surface area (Å²) in [6.07, 6.45) is 0. The number of aromatic nitrogens is 3. The summed E-state index contributed by atoms with van der Waals surface area (Å²) in [6, 6.07) is 14.0. The molecular formula is C18H17ClFN3S. The van der Waals surface area contributed by atoms with Gasteiger partial charge in [0.2, 0.25) is 0 Å². The molecule has 0 unspecified atom stereocenters. The third-order valence-electron chi connectivity index (χ3n) is 3.39. The first-order chi connectivity index (χ1) is 11.6. The topological polar surface area (TPSA) is 30.7 Å². The van der Waals surface area contributed by atoms with Gasteiger partial charge in [-0.3, -0.25) is 4.57 Å². The SMILES string of the molecule is CC(C)CSc1nnc(-c2ccccc2Cl)n1-c1ccccc1F. The van der Waals surface area contributed by atoms with Crippen molar-refractivity contribution < 1.29 is 4.39 Å². The highest BCUT2D eigenvalue weighted by Crippen LogP contribution is 2.33. The van der Waals surface area contributed by atoms with Gasteiger partial charge in [0.1, 0.15) is 5.82 Å². The lowest BCUT2D eigenvalue weighted by Crippen LogP contribution is -2.03. The molecule has 6 heteroatoms. The minimum atomic E-state index is -0.322. The first kappa shape index (κ1) is 17.0. The van der Waals surface area contributed by atoms with E-state index in [9.17, 15) is 4.39 Å². The van der Waals surface area contributed by atoms with Crippen LogP contribution in [0.3, 0.4) is 0 Å². The fraction of sp³-hybridized carbons (Fsp3) is 0.222. The van der Waals surface area contributed by atoms with E-state index in [4.69, 9.17) is 11.6 Å². The molecule has 0 aliphatic carbocycles. The van der Waals surface area contributed by atoms with E-state index in [2.05, 4.69) is 24.0 Å².